The van der Waals surface area contributed by atoms with E-state index >= 15 is 0 Å². The van der Waals surface area contributed by atoms with Crippen molar-refractivity contribution < 1.29 is 4.79 Å². The van der Waals surface area contributed by atoms with E-state index in [1.54, 1.807) is 35.9 Å². The van der Waals surface area contributed by atoms with E-state index in [1.807, 2.05) is 30.3 Å². The van der Waals surface area contributed by atoms with Gasteiger partial charge in [-0.3, -0.25) is 9.59 Å². The van der Waals surface area contributed by atoms with Gasteiger partial charge in [0.15, 0.2) is 5.92 Å². The van der Waals surface area contributed by atoms with Crippen LogP contribution in [-0.4, -0.2) is 25.5 Å². The normalized spacial score (nSPS) is 12.2. The maximum Gasteiger partial charge on any atom is 0.272 e. The predicted molar refractivity (Wildman–Crippen MR) is 95.8 cm³/mol. The Bertz CT molecular complexity index is 1260. The van der Waals surface area contributed by atoms with E-state index in [0.29, 0.717) is 22.1 Å². The van der Waals surface area contributed by atoms with Crippen LogP contribution >= 0.6 is 0 Å². The number of aromatic amines is 1. The molecule has 126 valence electrons. The van der Waals surface area contributed by atoms with Gasteiger partial charge in [-0.25, -0.2) is 10.1 Å². The molecule has 0 aliphatic carbocycles. The molecule has 0 saturated heterocycles. The van der Waals surface area contributed by atoms with Crippen LogP contribution < -0.4 is 5.56 Å². The van der Waals surface area contributed by atoms with Gasteiger partial charge in [0.2, 0.25) is 5.78 Å². The van der Waals surface area contributed by atoms with Crippen molar-refractivity contribution in [2.75, 3.05) is 0 Å². The number of aryl methyl sites for hydroxylation is 1. The quantitative estimate of drug-likeness (QED) is 0.575. The molecule has 4 aromatic rings. The largest absolute Gasteiger partial charge is 0.330 e. The first-order valence-electron chi connectivity index (χ1n) is 7.94. The number of Topliss-reactive ketones (excluding diaryl/α,β-unsaturated/α-hetero) is 1. The summed E-state index contributed by atoms with van der Waals surface area (Å²) in [5, 5.41) is 16.7. The monoisotopic (exact) mass is 343 g/mol. The van der Waals surface area contributed by atoms with Crippen molar-refractivity contribution in [2.24, 2.45) is 7.05 Å². The van der Waals surface area contributed by atoms with Crippen LogP contribution in [0.25, 0.3) is 21.8 Å². The van der Waals surface area contributed by atoms with Crippen LogP contribution in [0.5, 0.6) is 0 Å². The minimum Gasteiger partial charge on any atom is -0.330 e. The molecular weight excluding hydrogens is 330 g/mol. The molecule has 0 radical (unpaired) electrons. The lowest BCUT2D eigenvalue weighted by atomic mass is 9.98. The zero-order valence-corrected chi connectivity index (χ0v) is 13.8. The zero-order valence-electron chi connectivity index (χ0n) is 13.8. The zero-order chi connectivity index (χ0) is 18.3. The average Bonchev–Trinajstić information content (AvgIpc) is 3.00. The molecule has 2 heterocycles. The Morgan fingerprint density at radius 3 is 2.58 bits per heavy atom. The first kappa shape index (κ1) is 15.7. The highest BCUT2D eigenvalue weighted by molar-refractivity contribution is 6.10. The summed E-state index contributed by atoms with van der Waals surface area (Å²) in [5.74, 6) is -1.29. The lowest BCUT2D eigenvalue weighted by Crippen LogP contribution is -2.20. The van der Waals surface area contributed by atoms with Crippen LogP contribution in [0.15, 0.2) is 53.3 Å². The topological polar surface area (TPSA) is 104 Å². The summed E-state index contributed by atoms with van der Waals surface area (Å²) in [5.41, 5.74) is 1.21. The molecular formula is C19H13N5O2. The standard InChI is InChI=1S/C19H13N5O2/c1-24-15-9-5-4-8-14(15)21-18(24)13(10-20)17(25)16-11-6-2-3-7-12(11)19(26)23-22-16/h2-9,13H,1H3,(H,23,26)/t13-/m1/s1. The van der Waals surface area contributed by atoms with Gasteiger partial charge in [-0.1, -0.05) is 30.3 Å². The Hall–Kier alpha value is -3.79. The van der Waals surface area contributed by atoms with Crippen molar-refractivity contribution >= 4 is 27.6 Å². The first-order chi connectivity index (χ1) is 12.6. The summed E-state index contributed by atoms with van der Waals surface area (Å²) >= 11 is 0. The first-order valence-corrected chi connectivity index (χ1v) is 7.94. The number of nitrogens with one attached hydrogen (secondary N) is 1. The van der Waals surface area contributed by atoms with E-state index in [2.05, 4.69) is 15.2 Å². The van der Waals surface area contributed by atoms with Gasteiger partial charge in [-0.2, -0.15) is 10.4 Å². The molecule has 1 N–H and O–H groups in total. The SMILES string of the molecule is Cn1c([C@H](C#N)C(=O)c2n[nH]c(=O)c3ccccc23)nc2ccccc21. The Morgan fingerprint density at radius 2 is 1.85 bits per heavy atom. The number of rotatable bonds is 3. The number of nitrogens with zero attached hydrogens (tertiary/aromatic N) is 4. The van der Waals surface area contributed by atoms with Crippen LogP contribution in [0.2, 0.25) is 0 Å². The summed E-state index contributed by atoms with van der Waals surface area (Å²) in [6.07, 6.45) is 0. The van der Waals surface area contributed by atoms with Crippen LogP contribution in [0.1, 0.15) is 22.2 Å². The van der Waals surface area contributed by atoms with E-state index in [-0.39, 0.29) is 11.3 Å². The van der Waals surface area contributed by atoms with Crippen molar-refractivity contribution in [3.8, 4) is 6.07 Å². The van der Waals surface area contributed by atoms with Crippen molar-refractivity contribution in [3.05, 3.63) is 70.4 Å². The van der Waals surface area contributed by atoms with Gasteiger partial charge in [0.05, 0.1) is 22.5 Å². The van der Waals surface area contributed by atoms with Gasteiger partial charge < -0.3 is 4.57 Å². The minimum absolute atomic E-state index is 0.0545. The van der Waals surface area contributed by atoms with E-state index in [0.717, 1.165) is 5.52 Å². The highest BCUT2D eigenvalue weighted by Gasteiger charge is 2.29. The van der Waals surface area contributed by atoms with Gasteiger partial charge >= 0.3 is 0 Å². The fourth-order valence-corrected chi connectivity index (χ4v) is 3.10. The van der Waals surface area contributed by atoms with Crippen molar-refractivity contribution in [3.63, 3.8) is 0 Å². The Balaban J connectivity index is 1.89. The number of aromatic nitrogens is 4. The number of fused-ring (bicyclic) bond motifs is 2. The molecule has 0 aliphatic heterocycles. The number of imidazole rings is 1. The summed E-state index contributed by atoms with van der Waals surface area (Å²) in [7, 11) is 1.76. The van der Waals surface area contributed by atoms with Crippen LogP contribution in [0, 0.1) is 11.3 Å². The lowest BCUT2D eigenvalue weighted by molar-refractivity contribution is 0.0971. The van der Waals surface area contributed by atoms with E-state index in [1.165, 1.54) is 0 Å². The average molecular weight is 343 g/mol. The smallest absolute Gasteiger partial charge is 0.272 e. The van der Waals surface area contributed by atoms with Crippen LogP contribution in [-0.2, 0) is 7.05 Å². The number of nitriles is 1. The number of carbonyl (C=O) groups is 1. The van der Waals surface area contributed by atoms with Gasteiger partial charge in [0.25, 0.3) is 5.56 Å². The Morgan fingerprint density at radius 1 is 1.15 bits per heavy atom. The third kappa shape index (κ3) is 2.28. The molecule has 7 nitrogen and oxygen atoms in total. The van der Waals surface area contributed by atoms with E-state index < -0.39 is 11.7 Å². The molecule has 0 fully saturated rings. The second kappa shape index (κ2) is 5.93. The second-order valence-corrected chi connectivity index (χ2v) is 5.89. The molecule has 4 rings (SSSR count). The predicted octanol–water partition coefficient (Wildman–Crippen LogP) is 2.30. The number of H-pyrrole nitrogens is 1. The third-order valence-electron chi connectivity index (χ3n) is 4.40. The lowest BCUT2D eigenvalue weighted by Gasteiger charge is -2.09. The van der Waals surface area contributed by atoms with Gasteiger partial charge in [0, 0.05) is 12.4 Å². The van der Waals surface area contributed by atoms with Crippen molar-refractivity contribution in [1.29, 1.82) is 5.26 Å². The maximum absolute atomic E-state index is 13.1. The molecule has 0 spiro atoms. The highest BCUT2D eigenvalue weighted by Crippen LogP contribution is 2.25. The molecule has 2 aromatic heterocycles. The molecule has 0 saturated carbocycles. The fraction of sp³-hybridized carbons (Fsp3) is 0.105. The molecule has 0 bridgehead atoms. The summed E-state index contributed by atoms with van der Waals surface area (Å²) in [6.45, 7) is 0. The number of para-hydroxylation sites is 2. The Kier molecular flexibility index (Phi) is 3.59. The number of carbonyl (C=O) groups excluding carboxylic acids is 1. The number of hydrogen-bond donors (Lipinski definition) is 1. The van der Waals surface area contributed by atoms with Gasteiger partial charge in [0.1, 0.15) is 11.5 Å². The van der Waals surface area contributed by atoms with Crippen LogP contribution in [0.4, 0.5) is 0 Å². The molecule has 26 heavy (non-hydrogen) atoms. The molecule has 0 aliphatic rings. The highest BCUT2D eigenvalue weighted by atomic mass is 16.1. The minimum atomic E-state index is -1.13. The molecule has 1 atom stereocenters. The van der Waals surface area contributed by atoms with Gasteiger partial charge in [-0.05, 0) is 18.2 Å². The second-order valence-electron chi connectivity index (χ2n) is 5.89. The molecule has 7 heteroatoms. The maximum atomic E-state index is 13.1. The molecule has 0 unspecified atom stereocenters. The fourth-order valence-electron chi connectivity index (χ4n) is 3.10. The van der Waals surface area contributed by atoms with E-state index in [9.17, 15) is 14.9 Å². The van der Waals surface area contributed by atoms with Crippen molar-refractivity contribution in [2.45, 2.75) is 5.92 Å². The summed E-state index contributed by atoms with van der Waals surface area (Å²) in [4.78, 5) is 29.4. The van der Waals surface area contributed by atoms with E-state index in [4.69, 9.17) is 0 Å². The molecule has 2 aromatic carbocycles. The third-order valence-corrected chi connectivity index (χ3v) is 4.40. The number of benzene rings is 2. The van der Waals surface area contributed by atoms with Gasteiger partial charge in [-0.15, -0.1) is 0 Å². The van der Waals surface area contributed by atoms with Crippen molar-refractivity contribution in [1.82, 2.24) is 19.7 Å². The Labute approximate surface area is 147 Å². The summed E-state index contributed by atoms with van der Waals surface area (Å²) < 4.78 is 1.73. The molecule has 0 amide bonds. The summed E-state index contributed by atoms with van der Waals surface area (Å²) in [6, 6.07) is 16.1. The number of ketones is 1. The number of hydrogen-bond acceptors (Lipinski definition) is 5. The van der Waals surface area contributed by atoms with Crippen LogP contribution in [0.3, 0.4) is 0 Å².